The number of aromatic hydroxyl groups is 1. The number of hydrogen-bond donors (Lipinski definition) is 3. The topological polar surface area (TPSA) is 83.5 Å². The summed E-state index contributed by atoms with van der Waals surface area (Å²) in [6, 6.07) is -1.18. The van der Waals surface area contributed by atoms with Crippen molar-refractivity contribution in [2.24, 2.45) is 5.73 Å². The molecule has 0 fully saturated rings. The molecule has 16 heavy (non-hydrogen) atoms. The molecule has 0 saturated heterocycles. The van der Waals surface area contributed by atoms with E-state index in [1.807, 2.05) is 0 Å². The van der Waals surface area contributed by atoms with Gasteiger partial charge in [0.1, 0.15) is 11.9 Å². The van der Waals surface area contributed by atoms with Gasteiger partial charge in [0.05, 0.1) is 0 Å². The van der Waals surface area contributed by atoms with Gasteiger partial charge in [-0.3, -0.25) is 4.79 Å². The van der Waals surface area contributed by atoms with Gasteiger partial charge in [0, 0.05) is 18.1 Å². The smallest absolute Gasteiger partial charge is 0.320 e. The second-order valence-corrected chi connectivity index (χ2v) is 3.13. The first kappa shape index (κ1) is 12.3. The molecular formula is C9H8F3NO3. The molecule has 88 valence electrons. The van der Waals surface area contributed by atoms with Crippen LogP contribution in [-0.2, 0) is 11.2 Å². The monoisotopic (exact) mass is 235 g/mol. The standard InChI is InChI=1S/C9H8F3NO3/c10-4-2-6(14)8(12)7(11)3(4)1-5(13)9(15)16/h2,5,14H,1,13H2,(H,15,16). The first-order valence-electron chi connectivity index (χ1n) is 4.18. The number of carboxylic acid groups (broad SMARTS) is 1. The number of halogens is 3. The molecule has 0 heterocycles. The maximum Gasteiger partial charge on any atom is 0.320 e. The van der Waals surface area contributed by atoms with E-state index in [0.717, 1.165) is 0 Å². The zero-order valence-corrected chi connectivity index (χ0v) is 7.88. The highest BCUT2D eigenvalue weighted by atomic mass is 19.2. The molecule has 0 radical (unpaired) electrons. The van der Waals surface area contributed by atoms with Gasteiger partial charge in [-0.1, -0.05) is 0 Å². The molecule has 0 aliphatic carbocycles. The largest absolute Gasteiger partial charge is 0.505 e. The molecule has 1 rings (SSSR count). The molecule has 0 spiro atoms. The number of benzene rings is 1. The third-order valence-electron chi connectivity index (χ3n) is 1.98. The Labute approximate surface area is 88.1 Å². The lowest BCUT2D eigenvalue weighted by Crippen LogP contribution is -2.33. The van der Waals surface area contributed by atoms with E-state index >= 15 is 0 Å². The minimum Gasteiger partial charge on any atom is -0.505 e. The van der Waals surface area contributed by atoms with E-state index in [0.29, 0.717) is 6.07 Å². The predicted octanol–water partition coefficient (Wildman–Crippen LogP) is 0.764. The van der Waals surface area contributed by atoms with Gasteiger partial charge >= 0.3 is 5.97 Å². The van der Waals surface area contributed by atoms with Gasteiger partial charge in [-0.05, 0) is 0 Å². The number of carboxylic acids is 1. The summed E-state index contributed by atoms with van der Waals surface area (Å²) in [5.74, 6) is -7.15. The van der Waals surface area contributed by atoms with Gasteiger partial charge in [0.2, 0.25) is 5.82 Å². The van der Waals surface area contributed by atoms with Crippen LogP contribution >= 0.6 is 0 Å². The van der Waals surface area contributed by atoms with E-state index in [1.54, 1.807) is 0 Å². The summed E-state index contributed by atoms with van der Waals surface area (Å²) in [5.41, 5.74) is 4.26. The molecule has 0 bridgehead atoms. The van der Waals surface area contributed by atoms with E-state index in [2.05, 4.69) is 0 Å². The number of carbonyl (C=O) groups is 1. The molecule has 1 aromatic carbocycles. The van der Waals surface area contributed by atoms with Crippen LogP contribution in [0.1, 0.15) is 5.56 Å². The third-order valence-corrected chi connectivity index (χ3v) is 1.98. The first-order valence-corrected chi connectivity index (χ1v) is 4.18. The lowest BCUT2D eigenvalue weighted by atomic mass is 10.0. The van der Waals surface area contributed by atoms with Crippen LogP contribution in [0.5, 0.6) is 5.75 Å². The van der Waals surface area contributed by atoms with Gasteiger partial charge in [0.25, 0.3) is 0 Å². The summed E-state index contributed by atoms with van der Waals surface area (Å²) in [6.45, 7) is 0. The number of phenolic OH excluding ortho intramolecular Hbond substituents is 1. The van der Waals surface area contributed by atoms with E-state index < -0.39 is 47.2 Å². The molecule has 1 atom stereocenters. The molecule has 0 aliphatic rings. The maximum atomic E-state index is 13.1. The minimum atomic E-state index is -1.63. The normalized spacial score (nSPS) is 12.5. The molecule has 0 saturated carbocycles. The summed E-state index contributed by atoms with van der Waals surface area (Å²) in [5, 5.41) is 17.2. The highest BCUT2D eigenvalue weighted by Crippen LogP contribution is 2.25. The van der Waals surface area contributed by atoms with Crippen LogP contribution in [0, 0.1) is 17.5 Å². The lowest BCUT2D eigenvalue weighted by Gasteiger charge is -2.09. The molecule has 0 amide bonds. The lowest BCUT2D eigenvalue weighted by molar-refractivity contribution is -0.138. The summed E-state index contributed by atoms with van der Waals surface area (Å²) in [6.07, 6.45) is -0.704. The Morgan fingerprint density at radius 1 is 1.38 bits per heavy atom. The van der Waals surface area contributed by atoms with Crippen molar-refractivity contribution in [2.75, 3.05) is 0 Å². The zero-order valence-electron chi connectivity index (χ0n) is 7.88. The SMILES string of the molecule is NC(Cc1c(F)cc(O)c(F)c1F)C(=O)O. The average molecular weight is 235 g/mol. The van der Waals surface area contributed by atoms with Gasteiger partial charge in [0.15, 0.2) is 11.6 Å². The van der Waals surface area contributed by atoms with Gasteiger partial charge in [-0.15, -0.1) is 0 Å². The highest BCUT2D eigenvalue weighted by molar-refractivity contribution is 5.73. The molecule has 7 heteroatoms. The van der Waals surface area contributed by atoms with Crippen LogP contribution in [0.2, 0.25) is 0 Å². The Kier molecular flexibility index (Phi) is 3.38. The van der Waals surface area contributed by atoms with E-state index in [-0.39, 0.29) is 0 Å². The molecule has 0 aromatic heterocycles. The van der Waals surface area contributed by atoms with Gasteiger partial charge in [-0.25, -0.2) is 8.78 Å². The fourth-order valence-corrected chi connectivity index (χ4v) is 1.11. The summed E-state index contributed by atoms with van der Waals surface area (Å²) < 4.78 is 39.1. The fraction of sp³-hybridized carbons (Fsp3) is 0.222. The Bertz CT molecular complexity index is 436. The van der Waals surface area contributed by atoms with Crippen molar-refractivity contribution >= 4 is 5.97 Å². The third kappa shape index (κ3) is 2.25. The van der Waals surface area contributed by atoms with E-state index in [4.69, 9.17) is 15.9 Å². The second-order valence-electron chi connectivity index (χ2n) is 3.13. The summed E-state index contributed by atoms with van der Waals surface area (Å²) >= 11 is 0. The molecule has 4 N–H and O–H groups in total. The van der Waals surface area contributed by atoms with Crippen molar-refractivity contribution in [3.05, 3.63) is 29.1 Å². The molecule has 1 aromatic rings. The molecular weight excluding hydrogens is 227 g/mol. The number of phenols is 1. The van der Waals surface area contributed by atoms with Crippen LogP contribution in [-0.4, -0.2) is 22.2 Å². The highest BCUT2D eigenvalue weighted by Gasteiger charge is 2.22. The van der Waals surface area contributed by atoms with Crippen LogP contribution in [0.4, 0.5) is 13.2 Å². The Hall–Kier alpha value is -1.76. The summed E-state index contributed by atoms with van der Waals surface area (Å²) in [7, 11) is 0. The van der Waals surface area contributed by atoms with Crippen LogP contribution in [0.25, 0.3) is 0 Å². The molecule has 1 unspecified atom stereocenters. The van der Waals surface area contributed by atoms with E-state index in [9.17, 15) is 18.0 Å². The first-order chi connectivity index (χ1) is 7.34. The van der Waals surface area contributed by atoms with Crippen LogP contribution < -0.4 is 5.73 Å². The van der Waals surface area contributed by atoms with Crippen molar-refractivity contribution < 1.29 is 28.2 Å². The quantitative estimate of drug-likeness (QED) is 0.675. The Balaban J connectivity index is 3.14. The number of hydrogen-bond acceptors (Lipinski definition) is 3. The number of rotatable bonds is 3. The van der Waals surface area contributed by atoms with Crippen LogP contribution in [0.3, 0.4) is 0 Å². The zero-order chi connectivity index (χ0) is 12.5. The van der Waals surface area contributed by atoms with Crippen LogP contribution in [0.15, 0.2) is 6.07 Å². The van der Waals surface area contributed by atoms with Gasteiger partial charge in [-0.2, -0.15) is 4.39 Å². The van der Waals surface area contributed by atoms with Gasteiger partial charge < -0.3 is 15.9 Å². The fourth-order valence-electron chi connectivity index (χ4n) is 1.11. The van der Waals surface area contributed by atoms with Crippen molar-refractivity contribution in [1.82, 2.24) is 0 Å². The van der Waals surface area contributed by atoms with Crippen molar-refractivity contribution in [3.63, 3.8) is 0 Å². The Morgan fingerprint density at radius 3 is 2.44 bits per heavy atom. The minimum absolute atomic E-state index is 0.363. The van der Waals surface area contributed by atoms with Crippen molar-refractivity contribution in [1.29, 1.82) is 0 Å². The Morgan fingerprint density at radius 2 is 1.94 bits per heavy atom. The molecule has 4 nitrogen and oxygen atoms in total. The second kappa shape index (κ2) is 4.40. The predicted molar refractivity (Wildman–Crippen MR) is 47.3 cm³/mol. The van der Waals surface area contributed by atoms with Crippen molar-refractivity contribution in [2.45, 2.75) is 12.5 Å². The maximum absolute atomic E-state index is 13.1. The number of nitrogens with two attached hydrogens (primary N) is 1. The van der Waals surface area contributed by atoms with E-state index in [1.165, 1.54) is 0 Å². The number of aliphatic carboxylic acids is 1. The average Bonchev–Trinajstić information content (AvgIpc) is 2.20. The van der Waals surface area contributed by atoms with Crippen molar-refractivity contribution in [3.8, 4) is 5.75 Å². The summed E-state index contributed by atoms with van der Waals surface area (Å²) in [4.78, 5) is 10.4. The molecule has 0 aliphatic heterocycles.